The lowest BCUT2D eigenvalue weighted by molar-refractivity contribution is -0.159. The SMILES string of the molecule is CCCCCOC(=O)Oc1ccc(C[C@H](N)C(=O)O[C@@H](C)COC(=O)CC(C)(C)C)cc1OC(=O)OCCCCC. The maximum atomic E-state index is 12.5. The maximum absolute atomic E-state index is 12.5. The second-order valence-corrected chi connectivity index (χ2v) is 11.1. The Bertz CT molecular complexity index is 973. The Hall–Kier alpha value is -3.34. The smallest absolute Gasteiger partial charge is 0.462 e. The van der Waals surface area contributed by atoms with Gasteiger partial charge in [-0.15, -0.1) is 0 Å². The van der Waals surface area contributed by atoms with Gasteiger partial charge in [-0.1, -0.05) is 66.4 Å². The topological polar surface area (TPSA) is 150 Å². The van der Waals surface area contributed by atoms with E-state index in [2.05, 4.69) is 0 Å². The Morgan fingerprint density at radius 1 is 0.829 bits per heavy atom. The summed E-state index contributed by atoms with van der Waals surface area (Å²) in [7, 11) is 0. The zero-order valence-corrected chi connectivity index (χ0v) is 25.3. The Labute approximate surface area is 243 Å². The number of carbonyl (C=O) groups excluding carboxylic acids is 4. The summed E-state index contributed by atoms with van der Waals surface area (Å²) in [5, 5.41) is 0. The molecular formula is C30H47NO10. The monoisotopic (exact) mass is 581 g/mol. The molecule has 0 aromatic heterocycles. The summed E-state index contributed by atoms with van der Waals surface area (Å²) in [6.07, 6.45) is 2.79. The van der Waals surface area contributed by atoms with Crippen molar-refractivity contribution in [3.05, 3.63) is 23.8 Å². The lowest BCUT2D eigenvalue weighted by Gasteiger charge is -2.19. The highest BCUT2D eigenvalue weighted by molar-refractivity contribution is 5.76. The van der Waals surface area contributed by atoms with Crippen molar-refractivity contribution in [3.8, 4) is 11.5 Å². The molecule has 232 valence electrons. The Kier molecular flexibility index (Phi) is 16.5. The first kappa shape index (κ1) is 35.7. The van der Waals surface area contributed by atoms with Crippen LogP contribution in [0.25, 0.3) is 0 Å². The van der Waals surface area contributed by atoms with E-state index in [1.807, 2.05) is 34.6 Å². The third-order valence-corrected chi connectivity index (χ3v) is 5.56. The average Bonchev–Trinajstić information content (AvgIpc) is 2.88. The molecule has 1 rings (SSSR count). The van der Waals surface area contributed by atoms with E-state index < -0.39 is 30.4 Å². The predicted molar refractivity (Wildman–Crippen MR) is 152 cm³/mol. The Balaban J connectivity index is 2.83. The molecule has 0 amide bonds. The molecule has 0 aliphatic rings. The van der Waals surface area contributed by atoms with Crippen molar-refractivity contribution in [3.63, 3.8) is 0 Å². The number of nitrogens with two attached hydrogens (primary N) is 1. The molecule has 2 atom stereocenters. The van der Waals surface area contributed by atoms with E-state index in [1.165, 1.54) is 12.1 Å². The number of benzene rings is 1. The minimum absolute atomic E-state index is 0.0268. The maximum Gasteiger partial charge on any atom is 0.513 e. The Morgan fingerprint density at radius 2 is 1.39 bits per heavy atom. The molecule has 11 heteroatoms. The van der Waals surface area contributed by atoms with E-state index in [4.69, 9.17) is 34.2 Å². The van der Waals surface area contributed by atoms with Crippen molar-refractivity contribution in [2.24, 2.45) is 11.1 Å². The van der Waals surface area contributed by atoms with E-state index in [9.17, 15) is 19.2 Å². The van der Waals surface area contributed by atoms with Crippen LogP contribution in [0.4, 0.5) is 9.59 Å². The van der Waals surface area contributed by atoms with Crippen LogP contribution in [-0.4, -0.2) is 56.2 Å². The van der Waals surface area contributed by atoms with Crippen molar-refractivity contribution in [2.45, 2.75) is 105 Å². The number of ether oxygens (including phenoxy) is 6. The molecule has 0 radical (unpaired) electrons. The molecule has 1 aromatic carbocycles. The number of rotatable bonds is 17. The van der Waals surface area contributed by atoms with Crippen LogP contribution in [0.1, 0.15) is 92.1 Å². The van der Waals surface area contributed by atoms with Crippen molar-refractivity contribution >= 4 is 24.2 Å². The normalized spacial score (nSPS) is 12.6. The molecule has 11 nitrogen and oxygen atoms in total. The standard InChI is InChI=1S/C30H47NO10/c1-7-9-11-15-36-28(34)40-24-14-13-22(18-25(24)41-29(35)37-16-12-10-8-2)17-23(31)27(33)39-21(3)20-38-26(32)19-30(4,5)6/h13-14,18,21,23H,7-12,15-17,19-20,31H2,1-6H3/t21-,23-/m0/s1. The number of carbonyl (C=O) groups is 4. The van der Waals surface area contributed by atoms with Crippen LogP contribution < -0.4 is 15.2 Å². The summed E-state index contributed by atoms with van der Waals surface area (Å²) in [6, 6.07) is 3.35. The second kappa shape index (κ2) is 18.9. The van der Waals surface area contributed by atoms with Gasteiger partial charge in [-0.3, -0.25) is 9.59 Å². The minimum atomic E-state index is -1.06. The van der Waals surface area contributed by atoms with Crippen LogP contribution >= 0.6 is 0 Å². The first-order chi connectivity index (χ1) is 19.3. The third-order valence-electron chi connectivity index (χ3n) is 5.56. The highest BCUT2D eigenvalue weighted by atomic mass is 16.7. The molecule has 0 bridgehead atoms. The van der Waals surface area contributed by atoms with Crippen LogP contribution in [0.5, 0.6) is 11.5 Å². The van der Waals surface area contributed by atoms with Gasteiger partial charge < -0.3 is 34.2 Å². The van der Waals surface area contributed by atoms with Gasteiger partial charge in [0.05, 0.1) is 19.6 Å². The zero-order chi connectivity index (χ0) is 30.8. The van der Waals surface area contributed by atoms with E-state index in [0.29, 0.717) is 18.4 Å². The molecule has 41 heavy (non-hydrogen) atoms. The molecule has 2 N–H and O–H groups in total. The first-order valence-electron chi connectivity index (χ1n) is 14.3. The van der Waals surface area contributed by atoms with Gasteiger partial charge in [0.15, 0.2) is 11.5 Å². The lowest BCUT2D eigenvalue weighted by atomic mass is 9.92. The summed E-state index contributed by atoms with van der Waals surface area (Å²) < 4.78 is 31.2. The van der Waals surface area contributed by atoms with Gasteiger partial charge in [-0.25, -0.2) is 9.59 Å². The van der Waals surface area contributed by atoms with Crippen molar-refractivity contribution in [1.82, 2.24) is 0 Å². The minimum Gasteiger partial charge on any atom is -0.462 e. The zero-order valence-electron chi connectivity index (χ0n) is 25.3. The van der Waals surface area contributed by atoms with Crippen LogP contribution in [0.3, 0.4) is 0 Å². The highest BCUT2D eigenvalue weighted by Gasteiger charge is 2.23. The number of hydrogen-bond donors (Lipinski definition) is 1. The molecule has 0 aliphatic carbocycles. The van der Waals surface area contributed by atoms with Crippen molar-refractivity contribution < 1.29 is 47.6 Å². The van der Waals surface area contributed by atoms with Crippen LogP contribution in [0.2, 0.25) is 0 Å². The molecule has 0 aliphatic heterocycles. The van der Waals surface area contributed by atoms with E-state index in [1.54, 1.807) is 13.0 Å². The summed E-state index contributed by atoms with van der Waals surface area (Å²) in [5.74, 6) is -1.22. The molecule has 0 saturated heterocycles. The van der Waals surface area contributed by atoms with Crippen LogP contribution in [-0.2, 0) is 35.0 Å². The van der Waals surface area contributed by atoms with Crippen molar-refractivity contribution in [1.29, 1.82) is 0 Å². The molecule has 0 heterocycles. The largest absolute Gasteiger partial charge is 0.513 e. The Morgan fingerprint density at radius 3 is 1.93 bits per heavy atom. The predicted octanol–water partition coefficient (Wildman–Crippen LogP) is 5.88. The molecule has 0 fully saturated rings. The van der Waals surface area contributed by atoms with Crippen LogP contribution in [0.15, 0.2) is 18.2 Å². The van der Waals surface area contributed by atoms with Gasteiger partial charge in [0.25, 0.3) is 0 Å². The fraction of sp³-hybridized carbons (Fsp3) is 0.667. The van der Waals surface area contributed by atoms with Gasteiger partial charge in [0, 0.05) is 0 Å². The fourth-order valence-corrected chi connectivity index (χ4v) is 3.45. The summed E-state index contributed by atoms with van der Waals surface area (Å²) >= 11 is 0. The first-order valence-corrected chi connectivity index (χ1v) is 14.3. The average molecular weight is 582 g/mol. The van der Waals surface area contributed by atoms with Gasteiger partial charge in [-0.2, -0.15) is 0 Å². The second-order valence-electron chi connectivity index (χ2n) is 11.1. The third kappa shape index (κ3) is 16.5. The summed E-state index contributed by atoms with van der Waals surface area (Å²) in [4.78, 5) is 48.9. The van der Waals surface area contributed by atoms with E-state index >= 15 is 0 Å². The quantitative estimate of drug-likeness (QED) is 0.102. The van der Waals surface area contributed by atoms with Gasteiger partial charge >= 0.3 is 24.2 Å². The molecular weight excluding hydrogens is 534 g/mol. The number of hydrogen-bond acceptors (Lipinski definition) is 11. The summed E-state index contributed by atoms with van der Waals surface area (Å²) in [5.41, 5.74) is 6.35. The lowest BCUT2D eigenvalue weighted by Crippen LogP contribution is -2.37. The molecule has 0 unspecified atom stereocenters. The molecule has 1 aromatic rings. The fourth-order valence-electron chi connectivity index (χ4n) is 3.45. The molecule has 0 spiro atoms. The van der Waals surface area contributed by atoms with Gasteiger partial charge in [-0.05, 0) is 49.3 Å². The van der Waals surface area contributed by atoms with Crippen LogP contribution in [0, 0.1) is 5.41 Å². The summed E-state index contributed by atoms with van der Waals surface area (Å²) in [6.45, 7) is 11.7. The highest BCUT2D eigenvalue weighted by Crippen LogP contribution is 2.30. The van der Waals surface area contributed by atoms with Gasteiger partial charge in [0.1, 0.15) is 18.8 Å². The number of esters is 2. The van der Waals surface area contributed by atoms with Gasteiger partial charge in [0.2, 0.25) is 0 Å². The molecule has 0 saturated carbocycles. The van der Waals surface area contributed by atoms with E-state index in [-0.39, 0.29) is 55.5 Å². The number of unbranched alkanes of at least 4 members (excludes halogenated alkanes) is 4. The van der Waals surface area contributed by atoms with Crippen molar-refractivity contribution in [2.75, 3.05) is 19.8 Å². The van der Waals surface area contributed by atoms with E-state index in [0.717, 1.165) is 25.7 Å².